The van der Waals surface area contributed by atoms with Gasteiger partial charge < -0.3 is 10.1 Å². The molecule has 0 unspecified atom stereocenters. The molecule has 1 aliphatic rings. The van der Waals surface area contributed by atoms with Crippen LogP contribution in [0.2, 0.25) is 0 Å². The number of hydrogen-bond acceptors (Lipinski definition) is 3. The Kier molecular flexibility index (Phi) is 6.07. The van der Waals surface area contributed by atoms with Crippen molar-refractivity contribution < 1.29 is 9.53 Å². The standard InChI is InChI=1S/C22H28N2O2/c1-16-11-18(3)21(12-17(16)2)22(25)23-14-19-5-4-6-20(13-19)15-24-7-9-26-10-8-24/h4-6,11-13H,7-10,14-15H2,1-3H3,(H,23,25). The van der Waals surface area contributed by atoms with E-state index in [0.29, 0.717) is 6.54 Å². The van der Waals surface area contributed by atoms with Gasteiger partial charge in [-0.2, -0.15) is 0 Å². The normalized spacial score (nSPS) is 15.0. The van der Waals surface area contributed by atoms with Crippen LogP contribution in [0.1, 0.15) is 38.2 Å². The summed E-state index contributed by atoms with van der Waals surface area (Å²) in [5.74, 6) is -0.0100. The van der Waals surface area contributed by atoms with E-state index in [2.05, 4.69) is 47.5 Å². The van der Waals surface area contributed by atoms with E-state index in [0.717, 1.165) is 55.1 Å². The number of benzene rings is 2. The van der Waals surface area contributed by atoms with Gasteiger partial charge in [0.05, 0.1) is 13.2 Å². The van der Waals surface area contributed by atoms with Crippen molar-refractivity contribution in [3.63, 3.8) is 0 Å². The average molecular weight is 352 g/mol. The predicted molar refractivity (Wildman–Crippen MR) is 104 cm³/mol. The number of carbonyl (C=O) groups is 1. The first-order valence-electron chi connectivity index (χ1n) is 9.27. The lowest BCUT2D eigenvalue weighted by atomic mass is 10.0. The summed E-state index contributed by atoms with van der Waals surface area (Å²) in [4.78, 5) is 15.0. The summed E-state index contributed by atoms with van der Waals surface area (Å²) < 4.78 is 5.40. The molecule has 1 amide bonds. The second kappa shape index (κ2) is 8.47. The number of aryl methyl sites for hydroxylation is 3. The first-order valence-corrected chi connectivity index (χ1v) is 9.27. The summed E-state index contributed by atoms with van der Waals surface area (Å²) in [6, 6.07) is 12.5. The molecule has 0 bridgehead atoms. The van der Waals surface area contributed by atoms with Crippen LogP contribution in [-0.2, 0) is 17.8 Å². The van der Waals surface area contributed by atoms with Crippen molar-refractivity contribution >= 4 is 5.91 Å². The van der Waals surface area contributed by atoms with Crippen molar-refractivity contribution in [2.24, 2.45) is 0 Å². The Bertz CT molecular complexity index is 780. The Morgan fingerprint density at radius 1 is 1.00 bits per heavy atom. The smallest absolute Gasteiger partial charge is 0.251 e. The highest BCUT2D eigenvalue weighted by molar-refractivity contribution is 5.95. The Labute approximate surface area is 156 Å². The Balaban J connectivity index is 1.61. The minimum absolute atomic E-state index is 0.0100. The molecule has 1 heterocycles. The molecule has 2 aromatic carbocycles. The largest absolute Gasteiger partial charge is 0.379 e. The van der Waals surface area contributed by atoms with Crippen molar-refractivity contribution in [3.8, 4) is 0 Å². The number of morpholine rings is 1. The monoisotopic (exact) mass is 352 g/mol. The van der Waals surface area contributed by atoms with Gasteiger partial charge in [0, 0.05) is 31.7 Å². The number of carbonyl (C=O) groups excluding carboxylic acids is 1. The second-order valence-corrected chi connectivity index (χ2v) is 7.14. The molecule has 1 fully saturated rings. The van der Waals surface area contributed by atoms with Crippen LogP contribution in [0.15, 0.2) is 36.4 Å². The predicted octanol–water partition coefficient (Wildman–Crippen LogP) is 3.37. The fraction of sp³-hybridized carbons (Fsp3) is 0.409. The molecular formula is C22H28N2O2. The van der Waals surface area contributed by atoms with Crippen molar-refractivity contribution in [2.75, 3.05) is 26.3 Å². The first kappa shape index (κ1) is 18.6. The quantitative estimate of drug-likeness (QED) is 0.897. The Hall–Kier alpha value is -2.17. The fourth-order valence-electron chi connectivity index (χ4n) is 3.34. The molecular weight excluding hydrogens is 324 g/mol. The minimum atomic E-state index is -0.0100. The van der Waals surface area contributed by atoms with Crippen LogP contribution in [0.25, 0.3) is 0 Å². The maximum absolute atomic E-state index is 12.6. The molecule has 138 valence electrons. The summed E-state index contributed by atoms with van der Waals surface area (Å²) >= 11 is 0. The van der Waals surface area contributed by atoms with Gasteiger partial charge in [-0.15, -0.1) is 0 Å². The number of nitrogens with one attached hydrogen (secondary N) is 1. The molecule has 0 radical (unpaired) electrons. The van der Waals surface area contributed by atoms with E-state index in [1.165, 1.54) is 11.1 Å². The van der Waals surface area contributed by atoms with E-state index in [4.69, 9.17) is 4.74 Å². The van der Waals surface area contributed by atoms with Gasteiger partial charge in [-0.3, -0.25) is 9.69 Å². The lowest BCUT2D eigenvalue weighted by Gasteiger charge is -2.26. The zero-order valence-corrected chi connectivity index (χ0v) is 16.0. The van der Waals surface area contributed by atoms with Gasteiger partial charge in [0.2, 0.25) is 0 Å². The molecule has 3 rings (SSSR count). The highest BCUT2D eigenvalue weighted by Crippen LogP contribution is 2.16. The molecule has 1 aliphatic heterocycles. The lowest BCUT2D eigenvalue weighted by Crippen LogP contribution is -2.35. The molecule has 1 saturated heterocycles. The molecule has 0 aliphatic carbocycles. The minimum Gasteiger partial charge on any atom is -0.379 e. The Morgan fingerprint density at radius 2 is 1.69 bits per heavy atom. The third-order valence-corrected chi connectivity index (χ3v) is 5.04. The molecule has 4 heteroatoms. The van der Waals surface area contributed by atoms with Gasteiger partial charge in [-0.25, -0.2) is 0 Å². The first-order chi connectivity index (χ1) is 12.5. The lowest BCUT2D eigenvalue weighted by molar-refractivity contribution is 0.0342. The van der Waals surface area contributed by atoms with E-state index >= 15 is 0 Å². The number of ether oxygens (including phenoxy) is 1. The molecule has 0 saturated carbocycles. The zero-order chi connectivity index (χ0) is 18.5. The molecule has 0 atom stereocenters. The second-order valence-electron chi connectivity index (χ2n) is 7.14. The maximum atomic E-state index is 12.6. The van der Waals surface area contributed by atoms with Gasteiger partial charge in [0.25, 0.3) is 5.91 Å². The van der Waals surface area contributed by atoms with Gasteiger partial charge in [-0.1, -0.05) is 30.3 Å². The van der Waals surface area contributed by atoms with E-state index in [1.807, 2.05) is 19.9 Å². The van der Waals surface area contributed by atoms with Gasteiger partial charge >= 0.3 is 0 Å². The van der Waals surface area contributed by atoms with E-state index < -0.39 is 0 Å². The van der Waals surface area contributed by atoms with Gasteiger partial charge in [-0.05, 0) is 54.7 Å². The molecule has 0 spiro atoms. The zero-order valence-electron chi connectivity index (χ0n) is 16.0. The molecule has 0 aromatic heterocycles. The van der Waals surface area contributed by atoms with Crippen molar-refractivity contribution in [1.29, 1.82) is 0 Å². The molecule has 4 nitrogen and oxygen atoms in total. The number of hydrogen-bond donors (Lipinski definition) is 1. The third kappa shape index (κ3) is 4.71. The van der Waals surface area contributed by atoms with Crippen LogP contribution < -0.4 is 5.32 Å². The van der Waals surface area contributed by atoms with Crippen LogP contribution in [0.5, 0.6) is 0 Å². The van der Waals surface area contributed by atoms with Crippen molar-refractivity contribution in [1.82, 2.24) is 10.2 Å². The Morgan fingerprint density at radius 3 is 2.46 bits per heavy atom. The van der Waals surface area contributed by atoms with Crippen LogP contribution in [-0.4, -0.2) is 37.1 Å². The summed E-state index contributed by atoms with van der Waals surface area (Å²) in [6.45, 7) is 11.2. The topological polar surface area (TPSA) is 41.6 Å². The van der Waals surface area contributed by atoms with Crippen LogP contribution in [0.4, 0.5) is 0 Å². The highest BCUT2D eigenvalue weighted by Gasteiger charge is 2.12. The number of amides is 1. The molecule has 26 heavy (non-hydrogen) atoms. The summed E-state index contributed by atoms with van der Waals surface area (Å²) in [5.41, 5.74) is 6.55. The summed E-state index contributed by atoms with van der Waals surface area (Å²) in [6.07, 6.45) is 0. The van der Waals surface area contributed by atoms with Crippen molar-refractivity contribution in [3.05, 3.63) is 69.8 Å². The molecule has 2 aromatic rings. The van der Waals surface area contributed by atoms with E-state index in [1.54, 1.807) is 0 Å². The van der Waals surface area contributed by atoms with E-state index in [9.17, 15) is 4.79 Å². The fourth-order valence-corrected chi connectivity index (χ4v) is 3.34. The van der Waals surface area contributed by atoms with Gasteiger partial charge in [0.15, 0.2) is 0 Å². The van der Waals surface area contributed by atoms with Crippen LogP contribution >= 0.6 is 0 Å². The highest BCUT2D eigenvalue weighted by atomic mass is 16.5. The maximum Gasteiger partial charge on any atom is 0.251 e. The van der Waals surface area contributed by atoms with Crippen LogP contribution in [0.3, 0.4) is 0 Å². The summed E-state index contributed by atoms with van der Waals surface area (Å²) in [5, 5.41) is 3.06. The average Bonchev–Trinajstić information content (AvgIpc) is 2.64. The van der Waals surface area contributed by atoms with Crippen molar-refractivity contribution in [2.45, 2.75) is 33.9 Å². The number of nitrogens with zero attached hydrogens (tertiary/aromatic N) is 1. The van der Waals surface area contributed by atoms with E-state index in [-0.39, 0.29) is 5.91 Å². The third-order valence-electron chi connectivity index (χ3n) is 5.04. The van der Waals surface area contributed by atoms with Crippen LogP contribution in [0, 0.1) is 20.8 Å². The SMILES string of the molecule is Cc1cc(C)c(C(=O)NCc2cccc(CN3CCOCC3)c2)cc1C. The van der Waals surface area contributed by atoms with Gasteiger partial charge in [0.1, 0.15) is 0 Å². The molecule has 1 N–H and O–H groups in total. The summed E-state index contributed by atoms with van der Waals surface area (Å²) in [7, 11) is 0. The number of rotatable bonds is 5.